The van der Waals surface area contributed by atoms with Crippen LogP contribution in [0.1, 0.15) is 48.0 Å². The lowest BCUT2D eigenvalue weighted by molar-refractivity contribution is 0.0584. The first-order chi connectivity index (χ1) is 9.65. The van der Waals surface area contributed by atoms with Crippen molar-refractivity contribution in [1.29, 1.82) is 0 Å². The largest absolute Gasteiger partial charge is 0.395 e. The van der Waals surface area contributed by atoms with Gasteiger partial charge in [-0.2, -0.15) is 0 Å². The Morgan fingerprint density at radius 1 is 1.35 bits per heavy atom. The second kappa shape index (κ2) is 7.09. The van der Waals surface area contributed by atoms with Crippen molar-refractivity contribution >= 4 is 17.5 Å². The molecule has 0 aliphatic heterocycles. The molecule has 0 atom stereocenters. The highest BCUT2D eigenvalue weighted by molar-refractivity contribution is 6.31. The lowest BCUT2D eigenvalue weighted by Crippen LogP contribution is -2.43. The van der Waals surface area contributed by atoms with E-state index in [0.717, 1.165) is 31.2 Å². The SMILES string of the molecule is Cc1c(Cl)cccc1C(=O)N(CCO)C1CCCCC1. The molecule has 0 bridgehead atoms. The van der Waals surface area contributed by atoms with Crippen molar-refractivity contribution in [2.24, 2.45) is 0 Å². The minimum absolute atomic E-state index is 0.00184. The van der Waals surface area contributed by atoms with Crippen molar-refractivity contribution in [3.05, 3.63) is 34.3 Å². The summed E-state index contributed by atoms with van der Waals surface area (Å²) < 4.78 is 0. The minimum Gasteiger partial charge on any atom is -0.395 e. The molecule has 0 aromatic heterocycles. The van der Waals surface area contributed by atoms with Gasteiger partial charge in [-0.05, 0) is 37.5 Å². The number of amides is 1. The number of carbonyl (C=O) groups is 1. The molecule has 0 heterocycles. The predicted molar refractivity (Wildman–Crippen MR) is 81.2 cm³/mol. The molecular formula is C16H22ClNO2. The monoisotopic (exact) mass is 295 g/mol. The predicted octanol–water partition coefficient (Wildman–Crippen LogP) is 3.42. The maximum Gasteiger partial charge on any atom is 0.254 e. The molecule has 2 rings (SSSR count). The highest BCUT2D eigenvalue weighted by Gasteiger charge is 2.26. The van der Waals surface area contributed by atoms with Crippen LogP contribution in [0.4, 0.5) is 0 Å². The van der Waals surface area contributed by atoms with Crippen LogP contribution in [0.15, 0.2) is 18.2 Å². The van der Waals surface area contributed by atoms with Crippen LogP contribution in [-0.2, 0) is 0 Å². The standard InChI is InChI=1S/C16H22ClNO2/c1-12-14(8-5-9-15(12)17)16(20)18(10-11-19)13-6-3-2-4-7-13/h5,8-9,13,19H,2-4,6-7,10-11H2,1H3. The lowest BCUT2D eigenvalue weighted by Gasteiger charge is -2.34. The Kier molecular flexibility index (Phi) is 5.44. The smallest absolute Gasteiger partial charge is 0.254 e. The molecule has 1 N–H and O–H groups in total. The molecule has 1 fully saturated rings. The molecule has 1 aliphatic carbocycles. The molecule has 0 unspecified atom stereocenters. The molecule has 1 amide bonds. The van der Waals surface area contributed by atoms with E-state index in [0.29, 0.717) is 17.1 Å². The van der Waals surface area contributed by atoms with Crippen LogP contribution in [0.3, 0.4) is 0 Å². The van der Waals surface area contributed by atoms with Crippen molar-refractivity contribution in [2.45, 2.75) is 45.1 Å². The zero-order valence-corrected chi connectivity index (χ0v) is 12.7. The lowest BCUT2D eigenvalue weighted by atomic mass is 9.93. The van der Waals surface area contributed by atoms with Gasteiger partial charge in [0.05, 0.1) is 6.61 Å². The summed E-state index contributed by atoms with van der Waals surface area (Å²) >= 11 is 6.11. The second-order valence-electron chi connectivity index (χ2n) is 5.43. The van der Waals surface area contributed by atoms with Crippen molar-refractivity contribution in [2.75, 3.05) is 13.2 Å². The molecule has 0 radical (unpaired) electrons. The normalized spacial score (nSPS) is 16.1. The molecule has 0 saturated heterocycles. The molecule has 1 aromatic rings. The van der Waals surface area contributed by atoms with E-state index in [2.05, 4.69) is 0 Å². The van der Waals surface area contributed by atoms with Gasteiger partial charge in [0.2, 0.25) is 0 Å². The first kappa shape index (κ1) is 15.3. The van der Waals surface area contributed by atoms with E-state index >= 15 is 0 Å². The number of aliphatic hydroxyl groups excluding tert-OH is 1. The average Bonchev–Trinajstić information content (AvgIpc) is 2.48. The quantitative estimate of drug-likeness (QED) is 0.924. The number of rotatable bonds is 4. The second-order valence-corrected chi connectivity index (χ2v) is 5.83. The Balaban J connectivity index is 2.23. The van der Waals surface area contributed by atoms with Gasteiger partial charge < -0.3 is 10.0 Å². The van der Waals surface area contributed by atoms with Gasteiger partial charge in [0.25, 0.3) is 5.91 Å². The van der Waals surface area contributed by atoms with Gasteiger partial charge in [-0.1, -0.05) is 36.9 Å². The van der Waals surface area contributed by atoms with Gasteiger partial charge in [0.15, 0.2) is 0 Å². The van der Waals surface area contributed by atoms with E-state index in [4.69, 9.17) is 11.6 Å². The summed E-state index contributed by atoms with van der Waals surface area (Å²) in [6, 6.07) is 5.67. The molecule has 110 valence electrons. The fraction of sp³-hybridized carbons (Fsp3) is 0.562. The Bertz CT molecular complexity index is 470. The summed E-state index contributed by atoms with van der Waals surface area (Å²) in [7, 11) is 0. The first-order valence-electron chi connectivity index (χ1n) is 7.32. The highest BCUT2D eigenvalue weighted by Crippen LogP contribution is 2.26. The molecule has 0 spiro atoms. The topological polar surface area (TPSA) is 40.5 Å². The van der Waals surface area contributed by atoms with Gasteiger partial charge in [-0.3, -0.25) is 4.79 Å². The van der Waals surface area contributed by atoms with Crippen LogP contribution >= 0.6 is 11.6 Å². The molecule has 4 heteroatoms. The van der Waals surface area contributed by atoms with E-state index in [-0.39, 0.29) is 18.6 Å². The maximum atomic E-state index is 12.8. The van der Waals surface area contributed by atoms with Gasteiger partial charge in [-0.15, -0.1) is 0 Å². The summed E-state index contributed by atoms with van der Waals surface area (Å²) in [6.45, 7) is 2.27. The molecule has 1 aromatic carbocycles. The zero-order chi connectivity index (χ0) is 14.5. The van der Waals surface area contributed by atoms with Crippen molar-refractivity contribution in [1.82, 2.24) is 4.90 Å². The average molecular weight is 296 g/mol. The van der Waals surface area contributed by atoms with Crippen molar-refractivity contribution in [3.8, 4) is 0 Å². The van der Waals surface area contributed by atoms with E-state index in [1.807, 2.05) is 17.9 Å². The van der Waals surface area contributed by atoms with Crippen molar-refractivity contribution in [3.63, 3.8) is 0 Å². The van der Waals surface area contributed by atoms with Gasteiger partial charge >= 0.3 is 0 Å². The van der Waals surface area contributed by atoms with Crippen LogP contribution < -0.4 is 0 Å². The number of hydrogen-bond donors (Lipinski definition) is 1. The number of carbonyl (C=O) groups excluding carboxylic acids is 1. The summed E-state index contributed by atoms with van der Waals surface area (Å²) in [5.41, 5.74) is 1.47. The molecule has 1 saturated carbocycles. The van der Waals surface area contributed by atoms with E-state index in [9.17, 15) is 9.90 Å². The Morgan fingerprint density at radius 3 is 2.70 bits per heavy atom. The summed E-state index contributed by atoms with van der Waals surface area (Å²) in [5.74, 6) is -0.00838. The highest BCUT2D eigenvalue weighted by atomic mass is 35.5. The van der Waals surface area contributed by atoms with E-state index < -0.39 is 0 Å². The number of aliphatic hydroxyl groups is 1. The van der Waals surface area contributed by atoms with E-state index in [1.54, 1.807) is 12.1 Å². The number of nitrogens with zero attached hydrogens (tertiary/aromatic N) is 1. The van der Waals surface area contributed by atoms with E-state index in [1.165, 1.54) is 6.42 Å². The third-order valence-corrected chi connectivity index (χ3v) is 4.52. The van der Waals surface area contributed by atoms with Crippen LogP contribution in [0.25, 0.3) is 0 Å². The molecule has 1 aliphatic rings. The molecule has 3 nitrogen and oxygen atoms in total. The fourth-order valence-electron chi connectivity index (χ4n) is 2.94. The Labute approximate surface area is 125 Å². The van der Waals surface area contributed by atoms with Crippen LogP contribution in [0.2, 0.25) is 5.02 Å². The zero-order valence-electron chi connectivity index (χ0n) is 11.9. The summed E-state index contributed by atoms with van der Waals surface area (Å²) in [6.07, 6.45) is 5.63. The van der Waals surface area contributed by atoms with Gasteiger partial charge in [0.1, 0.15) is 0 Å². The van der Waals surface area contributed by atoms with Crippen LogP contribution in [-0.4, -0.2) is 35.1 Å². The van der Waals surface area contributed by atoms with Crippen molar-refractivity contribution < 1.29 is 9.90 Å². The number of benzene rings is 1. The third kappa shape index (κ3) is 3.33. The molecular weight excluding hydrogens is 274 g/mol. The Morgan fingerprint density at radius 2 is 2.05 bits per heavy atom. The fourth-order valence-corrected chi connectivity index (χ4v) is 3.12. The number of halogens is 1. The van der Waals surface area contributed by atoms with Gasteiger partial charge in [0, 0.05) is 23.2 Å². The van der Waals surface area contributed by atoms with Crippen LogP contribution in [0, 0.1) is 6.92 Å². The minimum atomic E-state index is -0.00838. The van der Waals surface area contributed by atoms with Gasteiger partial charge in [-0.25, -0.2) is 0 Å². The maximum absolute atomic E-state index is 12.8. The first-order valence-corrected chi connectivity index (χ1v) is 7.70. The summed E-state index contributed by atoms with van der Waals surface area (Å²) in [5, 5.41) is 9.88. The molecule has 20 heavy (non-hydrogen) atoms. The Hall–Kier alpha value is -1.06. The number of hydrogen-bond acceptors (Lipinski definition) is 2. The van der Waals surface area contributed by atoms with Crippen LogP contribution in [0.5, 0.6) is 0 Å². The third-order valence-electron chi connectivity index (χ3n) is 4.12. The summed E-state index contributed by atoms with van der Waals surface area (Å²) in [4.78, 5) is 14.6.